The molecule has 2 N–H and O–H groups in total. The fourth-order valence-corrected chi connectivity index (χ4v) is 6.61. The van der Waals surface area contributed by atoms with E-state index in [1.807, 2.05) is 0 Å². The zero-order chi connectivity index (χ0) is 22.8. The lowest BCUT2D eigenvalue weighted by atomic mass is 9.81. The average Bonchev–Trinajstić information content (AvgIpc) is 3.07. The fraction of sp³-hybridized carbons (Fsp3) is 0.636. The van der Waals surface area contributed by atoms with Gasteiger partial charge in [-0.25, -0.2) is 13.2 Å². The van der Waals surface area contributed by atoms with Gasteiger partial charge in [0.05, 0.1) is 10.6 Å². The van der Waals surface area contributed by atoms with Crippen molar-refractivity contribution < 1.29 is 23.1 Å². The summed E-state index contributed by atoms with van der Waals surface area (Å²) in [7, 11) is -1.45. The lowest BCUT2D eigenvalue weighted by Crippen LogP contribution is -2.53. The molecule has 172 valence electrons. The van der Waals surface area contributed by atoms with Crippen LogP contribution < -0.4 is 5.32 Å². The van der Waals surface area contributed by atoms with Crippen molar-refractivity contribution in [1.29, 1.82) is 0 Å². The Morgan fingerprint density at radius 3 is 2.52 bits per heavy atom. The number of rotatable bonds is 7. The topological polar surface area (TPSA) is 107 Å². The molecule has 2 aliphatic rings. The van der Waals surface area contributed by atoms with Gasteiger partial charge in [-0.1, -0.05) is 18.2 Å². The summed E-state index contributed by atoms with van der Waals surface area (Å²) in [4.78, 5) is 28.2. The van der Waals surface area contributed by atoms with E-state index in [-0.39, 0.29) is 29.7 Å². The van der Waals surface area contributed by atoms with Crippen LogP contribution in [0, 0.1) is 5.92 Å². The van der Waals surface area contributed by atoms with Gasteiger partial charge in [-0.05, 0) is 64.6 Å². The van der Waals surface area contributed by atoms with Crippen LogP contribution in [0.15, 0.2) is 35.2 Å². The zero-order valence-electron chi connectivity index (χ0n) is 18.4. The number of nitrogens with one attached hydrogen (secondary N) is 1. The van der Waals surface area contributed by atoms with Crippen molar-refractivity contribution in [2.45, 2.75) is 68.6 Å². The highest BCUT2D eigenvalue weighted by Crippen LogP contribution is 2.35. The van der Waals surface area contributed by atoms with Gasteiger partial charge in [0.15, 0.2) is 9.84 Å². The van der Waals surface area contributed by atoms with Gasteiger partial charge < -0.3 is 20.2 Å². The van der Waals surface area contributed by atoms with Gasteiger partial charge in [0, 0.05) is 24.7 Å². The molecule has 0 unspecified atom stereocenters. The van der Waals surface area contributed by atoms with Gasteiger partial charge in [0.2, 0.25) is 5.91 Å². The first-order chi connectivity index (χ1) is 14.6. The molecule has 2 fully saturated rings. The Morgan fingerprint density at radius 2 is 1.90 bits per heavy atom. The summed E-state index contributed by atoms with van der Waals surface area (Å²) in [5, 5.41) is 11.3. The molecule has 1 aromatic carbocycles. The van der Waals surface area contributed by atoms with Gasteiger partial charge >= 0.3 is 6.09 Å². The van der Waals surface area contributed by atoms with E-state index >= 15 is 0 Å². The van der Waals surface area contributed by atoms with E-state index < -0.39 is 22.0 Å². The number of carbonyl (C=O) groups is 2. The van der Waals surface area contributed by atoms with Crippen LogP contribution in [0.1, 0.15) is 39.5 Å². The normalized spacial score (nSPS) is 27.1. The van der Waals surface area contributed by atoms with Crippen LogP contribution in [-0.4, -0.2) is 78.8 Å². The predicted molar refractivity (Wildman–Crippen MR) is 118 cm³/mol. The first-order valence-corrected chi connectivity index (χ1v) is 12.5. The van der Waals surface area contributed by atoms with E-state index in [0.717, 1.165) is 6.42 Å². The molecular weight excluding hydrogens is 418 g/mol. The molecule has 9 heteroatoms. The summed E-state index contributed by atoms with van der Waals surface area (Å²) in [6, 6.07) is 8.07. The minimum absolute atomic E-state index is 0.0229. The standard InChI is InChI=1S/C22H33N3O5S/c1-15(2)24(3)17-9-10-20(25-12-11-19(21(25)26)23-22(27)28)16(13-17)14-31(29,30)18-7-5-4-6-8-18/h4-8,15-17,19-20,23H,9-14H2,1-3H3,(H,27,28)/t16-,17-,19+,20+/m1/s1. The molecule has 4 atom stereocenters. The quantitative estimate of drug-likeness (QED) is 0.658. The number of sulfone groups is 1. The molecule has 0 spiro atoms. The van der Waals surface area contributed by atoms with E-state index in [1.165, 1.54) is 0 Å². The Hall–Kier alpha value is -2.13. The lowest BCUT2D eigenvalue weighted by Gasteiger charge is -2.44. The lowest BCUT2D eigenvalue weighted by molar-refractivity contribution is -0.133. The second kappa shape index (κ2) is 9.56. The molecule has 0 radical (unpaired) electrons. The van der Waals surface area contributed by atoms with Crippen molar-refractivity contribution in [2.75, 3.05) is 19.3 Å². The summed E-state index contributed by atoms with van der Waals surface area (Å²) in [5.74, 6) is -0.479. The second-order valence-electron chi connectivity index (χ2n) is 8.97. The number of benzene rings is 1. The third kappa shape index (κ3) is 5.38. The first kappa shape index (κ1) is 23.5. The minimum Gasteiger partial charge on any atom is -0.465 e. The van der Waals surface area contributed by atoms with Gasteiger partial charge in [0.1, 0.15) is 6.04 Å². The molecule has 1 saturated heterocycles. The highest BCUT2D eigenvalue weighted by atomic mass is 32.2. The SMILES string of the molecule is CC(C)N(C)[C@@H]1CC[C@H](N2CC[C@H](NC(=O)O)C2=O)[C@@H](CS(=O)(=O)c2ccccc2)C1. The van der Waals surface area contributed by atoms with E-state index in [9.17, 15) is 18.0 Å². The largest absolute Gasteiger partial charge is 0.465 e. The maximum absolute atomic E-state index is 13.2. The summed E-state index contributed by atoms with van der Waals surface area (Å²) in [5.41, 5.74) is 0. The molecule has 8 nitrogen and oxygen atoms in total. The van der Waals surface area contributed by atoms with Crippen LogP contribution in [0.3, 0.4) is 0 Å². The van der Waals surface area contributed by atoms with Crippen LogP contribution in [0.2, 0.25) is 0 Å². The maximum atomic E-state index is 13.2. The first-order valence-electron chi connectivity index (χ1n) is 10.9. The third-order valence-corrected chi connectivity index (χ3v) is 8.64. The Balaban J connectivity index is 1.83. The Morgan fingerprint density at radius 1 is 1.23 bits per heavy atom. The van der Waals surface area contributed by atoms with Gasteiger partial charge in [0.25, 0.3) is 0 Å². The van der Waals surface area contributed by atoms with E-state index in [1.54, 1.807) is 35.2 Å². The maximum Gasteiger partial charge on any atom is 0.405 e. The molecule has 0 aromatic heterocycles. The third-order valence-electron chi connectivity index (χ3n) is 6.78. The molecule has 1 aliphatic heterocycles. The fourth-order valence-electron chi connectivity index (χ4n) is 4.92. The molecule has 0 bridgehead atoms. The number of carbonyl (C=O) groups excluding carboxylic acids is 1. The van der Waals surface area contributed by atoms with E-state index in [2.05, 4.69) is 31.1 Å². The van der Waals surface area contributed by atoms with Gasteiger partial charge in [-0.15, -0.1) is 0 Å². The van der Waals surface area contributed by atoms with E-state index in [0.29, 0.717) is 36.7 Å². The van der Waals surface area contributed by atoms with Gasteiger partial charge in [-0.3, -0.25) is 4.79 Å². The molecule has 1 heterocycles. The van der Waals surface area contributed by atoms with Crippen molar-refractivity contribution in [3.63, 3.8) is 0 Å². The van der Waals surface area contributed by atoms with Crippen LogP contribution in [0.25, 0.3) is 0 Å². The van der Waals surface area contributed by atoms with Crippen molar-refractivity contribution in [3.8, 4) is 0 Å². The molecule has 31 heavy (non-hydrogen) atoms. The number of amides is 2. The van der Waals surface area contributed by atoms with Crippen LogP contribution in [0.4, 0.5) is 4.79 Å². The zero-order valence-corrected chi connectivity index (χ0v) is 19.2. The summed E-state index contributed by atoms with van der Waals surface area (Å²) < 4.78 is 26.3. The molecule has 1 aliphatic carbocycles. The molecule has 1 saturated carbocycles. The Kier molecular flexibility index (Phi) is 7.26. The number of likely N-dealkylation sites (tertiary alicyclic amines) is 1. The van der Waals surface area contributed by atoms with Crippen molar-refractivity contribution in [3.05, 3.63) is 30.3 Å². The summed E-state index contributed by atoms with van der Waals surface area (Å²) in [6.07, 6.45) is 1.47. The predicted octanol–water partition coefficient (Wildman–Crippen LogP) is 2.21. The summed E-state index contributed by atoms with van der Waals surface area (Å²) >= 11 is 0. The molecule has 2 amide bonds. The molecular formula is C22H33N3O5S. The van der Waals surface area contributed by atoms with Crippen LogP contribution >= 0.6 is 0 Å². The number of hydrogen-bond acceptors (Lipinski definition) is 5. The van der Waals surface area contributed by atoms with Crippen molar-refractivity contribution in [1.82, 2.24) is 15.1 Å². The van der Waals surface area contributed by atoms with Crippen molar-refractivity contribution in [2.24, 2.45) is 5.92 Å². The Labute approximate surface area is 184 Å². The number of carboxylic acid groups (broad SMARTS) is 1. The van der Waals surface area contributed by atoms with Crippen molar-refractivity contribution >= 4 is 21.8 Å². The average molecular weight is 452 g/mol. The molecule has 1 aromatic rings. The summed E-state index contributed by atoms with van der Waals surface area (Å²) in [6.45, 7) is 4.68. The smallest absolute Gasteiger partial charge is 0.405 e. The second-order valence-corrected chi connectivity index (χ2v) is 11.0. The van der Waals surface area contributed by atoms with Crippen LogP contribution in [0.5, 0.6) is 0 Å². The van der Waals surface area contributed by atoms with Gasteiger partial charge in [-0.2, -0.15) is 0 Å². The highest BCUT2D eigenvalue weighted by Gasteiger charge is 2.44. The Bertz CT molecular complexity index is 890. The molecule has 3 rings (SSSR count). The minimum atomic E-state index is -3.51. The highest BCUT2D eigenvalue weighted by molar-refractivity contribution is 7.91. The van der Waals surface area contributed by atoms with E-state index in [4.69, 9.17) is 5.11 Å². The number of nitrogens with zero attached hydrogens (tertiary/aromatic N) is 2. The van der Waals surface area contributed by atoms with Crippen LogP contribution in [-0.2, 0) is 14.6 Å². The monoisotopic (exact) mass is 451 g/mol. The number of hydrogen-bond donors (Lipinski definition) is 2.